The molecule has 160 valence electrons. The lowest BCUT2D eigenvalue weighted by molar-refractivity contribution is 0.0705. The Kier molecular flexibility index (Phi) is 5.25. The molecule has 0 unspecified atom stereocenters. The number of benzene rings is 1. The predicted octanol–water partition coefficient (Wildman–Crippen LogP) is 2.64. The first kappa shape index (κ1) is 19.8. The molecule has 0 bridgehead atoms. The number of hydroxylamine groups is 1. The first-order valence-corrected chi connectivity index (χ1v) is 10.7. The number of carbonyl (C=O) groups excluding carboxylic acids is 1. The summed E-state index contributed by atoms with van der Waals surface area (Å²) >= 11 is 0. The Bertz CT molecular complexity index is 1070. The molecule has 3 aromatic rings. The monoisotopic (exact) mass is 418 g/mol. The average Bonchev–Trinajstić information content (AvgIpc) is 3.21. The van der Waals surface area contributed by atoms with E-state index >= 15 is 0 Å². The molecule has 31 heavy (non-hydrogen) atoms. The molecule has 0 radical (unpaired) electrons. The minimum absolute atomic E-state index is 0.245. The Hall–Kier alpha value is -3.10. The van der Waals surface area contributed by atoms with Gasteiger partial charge in [-0.2, -0.15) is 0 Å². The van der Waals surface area contributed by atoms with Crippen LogP contribution >= 0.6 is 0 Å². The molecule has 5 rings (SSSR count). The topological polar surface area (TPSA) is 94.5 Å². The van der Waals surface area contributed by atoms with E-state index in [-0.39, 0.29) is 5.56 Å². The fourth-order valence-electron chi connectivity index (χ4n) is 4.95. The van der Waals surface area contributed by atoms with Gasteiger partial charge in [0, 0.05) is 50.2 Å². The van der Waals surface area contributed by atoms with Gasteiger partial charge in [0.2, 0.25) is 5.95 Å². The number of hydrogen-bond donors (Lipinski definition) is 2. The van der Waals surface area contributed by atoms with Crippen molar-refractivity contribution in [1.29, 1.82) is 0 Å². The molecular weight excluding hydrogens is 392 g/mol. The van der Waals surface area contributed by atoms with Gasteiger partial charge in [-0.05, 0) is 48.9 Å². The van der Waals surface area contributed by atoms with Crippen molar-refractivity contribution in [3.8, 4) is 0 Å². The van der Waals surface area contributed by atoms with E-state index in [1.54, 1.807) is 5.48 Å². The number of fused-ring (bicyclic) bond motifs is 1. The third-order valence-corrected chi connectivity index (χ3v) is 6.76. The molecular formula is C23H26N6O2. The summed E-state index contributed by atoms with van der Waals surface area (Å²) in [5.41, 5.74) is 4.61. The van der Waals surface area contributed by atoms with Crippen LogP contribution in [-0.2, 0) is 6.54 Å². The Balaban J connectivity index is 1.21. The van der Waals surface area contributed by atoms with Gasteiger partial charge < -0.3 is 4.90 Å². The van der Waals surface area contributed by atoms with E-state index in [1.807, 2.05) is 12.3 Å². The zero-order valence-electron chi connectivity index (χ0n) is 17.4. The van der Waals surface area contributed by atoms with Gasteiger partial charge in [-0.15, -0.1) is 0 Å². The molecule has 0 atom stereocenters. The van der Waals surface area contributed by atoms with Gasteiger partial charge in [0.25, 0.3) is 5.91 Å². The highest BCUT2D eigenvalue weighted by Gasteiger charge is 2.40. The predicted molar refractivity (Wildman–Crippen MR) is 117 cm³/mol. The zero-order chi connectivity index (χ0) is 21.3. The first-order valence-electron chi connectivity index (χ1n) is 10.7. The second kappa shape index (κ2) is 8.20. The molecule has 1 spiro atoms. The van der Waals surface area contributed by atoms with E-state index in [9.17, 15) is 4.79 Å². The normalized spacial score (nSPS) is 18.5. The zero-order valence-corrected chi connectivity index (χ0v) is 17.4. The second-order valence-corrected chi connectivity index (χ2v) is 8.65. The van der Waals surface area contributed by atoms with Gasteiger partial charge >= 0.3 is 0 Å². The van der Waals surface area contributed by atoms with Crippen LogP contribution in [-0.4, -0.2) is 57.1 Å². The van der Waals surface area contributed by atoms with E-state index in [2.05, 4.69) is 49.0 Å². The SMILES string of the molecule is O=C(NO)c1cnc(N2CCC3(CCN(Cc4ccnc5ccccc45)C3)CC2)nc1. The number of pyridine rings is 1. The Morgan fingerprint density at radius 1 is 1.03 bits per heavy atom. The van der Waals surface area contributed by atoms with E-state index < -0.39 is 5.91 Å². The van der Waals surface area contributed by atoms with E-state index in [4.69, 9.17) is 5.21 Å². The number of hydrogen-bond acceptors (Lipinski definition) is 7. The molecule has 8 nitrogen and oxygen atoms in total. The molecule has 1 amide bonds. The van der Waals surface area contributed by atoms with Crippen LogP contribution in [0.25, 0.3) is 10.9 Å². The summed E-state index contributed by atoms with van der Waals surface area (Å²) in [6, 6.07) is 10.5. The van der Waals surface area contributed by atoms with Crippen molar-refractivity contribution < 1.29 is 10.0 Å². The first-order chi connectivity index (χ1) is 15.2. The van der Waals surface area contributed by atoms with Gasteiger partial charge in [-0.25, -0.2) is 15.4 Å². The summed E-state index contributed by atoms with van der Waals surface area (Å²) in [4.78, 5) is 29.3. The molecule has 2 aliphatic heterocycles. The number of piperidine rings is 1. The van der Waals surface area contributed by atoms with Gasteiger partial charge in [0.15, 0.2) is 0 Å². The summed E-state index contributed by atoms with van der Waals surface area (Å²) in [5.74, 6) is 0.0413. The molecule has 2 saturated heterocycles. The van der Waals surface area contributed by atoms with Crippen LogP contribution in [0.4, 0.5) is 5.95 Å². The maximum atomic E-state index is 11.4. The van der Waals surface area contributed by atoms with Crippen molar-refractivity contribution in [2.75, 3.05) is 31.1 Å². The van der Waals surface area contributed by atoms with E-state index in [0.717, 1.165) is 51.1 Å². The smallest absolute Gasteiger partial charge is 0.277 e. The summed E-state index contributed by atoms with van der Waals surface area (Å²) in [6.45, 7) is 5.03. The number of para-hydroxylation sites is 1. The third kappa shape index (κ3) is 3.96. The highest BCUT2D eigenvalue weighted by molar-refractivity contribution is 5.92. The lowest BCUT2D eigenvalue weighted by Gasteiger charge is -2.39. The van der Waals surface area contributed by atoms with E-state index in [1.165, 1.54) is 29.8 Å². The molecule has 2 aliphatic rings. The van der Waals surface area contributed by atoms with Crippen molar-refractivity contribution in [1.82, 2.24) is 25.3 Å². The van der Waals surface area contributed by atoms with Gasteiger partial charge in [0.05, 0.1) is 11.1 Å². The van der Waals surface area contributed by atoms with Crippen LogP contribution in [0.5, 0.6) is 0 Å². The maximum absolute atomic E-state index is 11.4. The second-order valence-electron chi connectivity index (χ2n) is 8.65. The van der Waals surface area contributed by atoms with Crippen molar-refractivity contribution >= 4 is 22.8 Å². The summed E-state index contributed by atoms with van der Waals surface area (Å²) in [7, 11) is 0. The maximum Gasteiger partial charge on any atom is 0.277 e. The molecule has 4 heterocycles. The number of nitrogens with zero attached hydrogens (tertiary/aromatic N) is 5. The number of amides is 1. The number of nitrogens with one attached hydrogen (secondary N) is 1. The number of anilines is 1. The van der Waals surface area contributed by atoms with Gasteiger partial charge in [-0.3, -0.25) is 19.9 Å². The Morgan fingerprint density at radius 2 is 1.77 bits per heavy atom. The van der Waals surface area contributed by atoms with Crippen LogP contribution in [0.3, 0.4) is 0 Å². The van der Waals surface area contributed by atoms with Crippen LogP contribution in [0.2, 0.25) is 0 Å². The quantitative estimate of drug-likeness (QED) is 0.497. The number of carbonyl (C=O) groups is 1. The van der Waals surface area contributed by atoms with Crippen LogP contribution in [0.1, 0.15) is 35.2 Å². The fraction of sp³-hybridized carbons (Fsp3) is 0.391. The molecule has 8 heteroatoms. The highest BCUT2D eigenvalue weighted by atomic mass is 16.5. The third-order valence-electron chi connectivity index (χ3n) is 6.76. The number of rotatable bonds is 4. The summed E-state index contributed by atoms with van der Waals surface area (Å²) in [6.07, 6.45) is 8.27. The lowest BCUT2D eigenvalue weighted by Crippen LogP contribution is -2.42. The van der Waals surface area contributed by atoms with E-state index in [0.29, 0.717) is 11.4 Å². The number of likely N-dealkylation sites (tertiary alicyclic amines) is 1. The van der Waals surface area contributed by atoms with Crippen molar-refractivity contribution in [2.24, 2.45) is 5.41 Å². The summed E-state index contributed by atoms with van der Waals surface area (Å²) < 4.78 is 0. The fourth-order valence-corrected chi connectivity index (χ4v) is 4.95. The molecule has 0 aliphatic carbocycles. The van der Waals surface area contributed by atoms with Crippen LogP contribution in [0, 0.1) is 5.41 Å². The number of aromatic nitrogens is 3. The van der Waals surface area contributed by atoms with Crippen LogP contribution in [0.15, 0.2) is 48.9 Å². The highest BCUT2D eigenvalue weighted by Crippen LogP contribution is 2.41. The lowest BCUT2D eigenvalue weighted by atomic mass is 9.78. The molecule has 0 saturated carbocycles. The molecule has 2 fully saturated rings. The standard InChI is InChI=1S/C23H26N6O2/c30-21(27-31)18-13-25-22(26-14-18)29-11-7-23(8-12-29)6-10-28(16-23)15-17-5-9-24-20-4-2-1-3-19(17)20/h1-5,9,13-14,31H,6-8,10-12,15-16H2,(H,27,30). The van der Waals surface area contributed by atoms with Gasteiger partial charge in [0.1, 0.15) is 0 Å². The van der Waals surface area contributed by atoms with Crippen LogP contribution < -0.4 is 10.4 Å². The van der Waals surface area contributed by atoms with Crippen molar-refractivity contribution in [2.45, 2.75) is 25.8 Å². The summed E-state index contributed by atoms with van der Waals surface area (Å²) in [5, 5.41) is 9.96. The van der Waals surface area contributed by atoms with Crippen molar-refractivity contribution in [3.63, 3.8) is 0 Å². The minimum atomic E-state index is -0.600. The minimum Gasteiger partial charge on any atom is -0.341 e. The Morgan fingerprint density at radius 3 is 2.55 bits per heavy atom. The Labute approximate surface area is 180 Å². The van der Waals surface area contributed by atoms with Crippen molar-refractivity contribution in [3.05, 3.63) is 60.0 Å². The molecule has 1 aromatic carbocycles. The molecule has 2 aromatic heterocycles. The molecule has 2 N–H and O–H groups in total. The largest absolute Gasteiger partial charge is 0.341 e. The van der Waals surface area contributed by atoms with Gasteiger partial charge in [-0.1, -0.05) is 18.2 Å². The average molecular weight is 419 g/mol.